The largest absolute Gasteiger partial charge is 0.455 e. The lowest BCUT2D eigenvalue weighted by molar-refractivity contribution is 0.0752. The molecule has 1 aliphatic heterocycles. The molecular formula is C26H32N4O2S. The molecule has 6 nitrogen and oxygen atoms in total. The van der Waals surface area contributed by atoms with E-state index >= 15 is 0 Å². The molecule has 174 valence electrons. The van der Waals surface area contributed by atoms with E-state index in [1.165, 1.54) is 19.3 Å². The van der Waals surface area contributed by atoms with Crippen molar-refractivity contribution < 1.29 is 9.21 Å². The second-order valence-electron chi connectivity index (χ2n) is 8.59. The third-order valence-corrected chi connectivity index (χ3v) is 6.90. The zero-order valence-electron chi connectivity index (χ0n) is 19.7. The first-order valence-corrected chi connectivity index (χ1v) is 12.7. The molecule has 0 saturated carbocycles. The number of carbonyl (C=O) groups is 1. The molecule has 0 bridgehead atoms. The lowest BCUT2D eigenvalue weighted by Gasteiger charge is -2.34. The molecule has 3 heterocycles. The first-order chi connectivity index (χ1) is 16.0. The van der Waals surface area contributed by atoms with E-state index in [9.17, 15) is 4.79 Å². The van der Waals surface area contributed by atoms with Gasteiger partial charge in [0.25, 0.3) is 5.91 Å². The average molecular weight is 465 g/mol. The number of anilines is 1. The predicted octanol–water partition coefficient (Wildman–Crippen LogP) is 5.58. The second kappa shape index (κ2) is 10.9. The normalized spacial score (nSPS) is 16.1. The van der Waals surface area contributed by atoms with Crippen LogP contribution in [0.25, 0.3) is 0 Å². The standard InChI is InChI=1S/C26H32N4O2S/c1-4-21-16-24(30-15-9-8-10-19(30)2)28-26(27-21)33-18-22-13-14-23(32-22)25(31)29(3)17-20-11-6-5-7-12-20/h5-7,11-14,16,19H,4,8-10,15,17-18H2,1-3H3. The van der Waals surface area contributed by atoms with E-state index in [2.05, 4.69) is 24.8 Å². The number of nitrogens with zero attached hydrogens (tertiary/aromatic N) is 4. The minimum Gasteiger partial charge on any atom is -0.455 e. The third-order valence-electron chi connectivity index (χ3n) is 6.03. The van der Waals surface area contributed by atoms with Crippen LogP contribution in [0.3, 0.4) is 0 Å². The highest BCUT2D eigenvalue weighted by Crippen LogP contribution is 2.28. The van der Waals surface area contributed by atoms with Gasteiger partial charge in [-0.05, 0) is 50.3 Å². The topological polar surface area (TPSA) is 62.5 Å². The molecule has 3 aromatic rings. The summed E-state index contributed by atoms with van der Waals surface area (Å²) in [6.07, 6.45) is 4.57. The number of aryl methyl sites for hydroxylation is 1. The van der Waals surface area contributed by atoms with Crippen molar-refractivity contribution in [1.29, 1.82) is 0 Å². The molecule has 4 rings (SSSR count). The van der Waals surface area contributed by atoms with Crippen LogP contribution in [0, 0.1) is 0 Å². The van der Waals surface area contributed by atoms with Crippen LogP contribution in [0.2, 0.25) is 0 Å². The Morgan fingerprint density at radius 1 is 1.18 bits per heavy atom. The van der Waals surface area contributed by atoms with Crippen LogP contribution in [-0.4, -0.2) is 40.4 Å². The van der Waals surface area contributed by atoms with Crippen molar-refractivity contribution in [3.8, 4) is 0 Å². The van der Waals surface area contributed by atoms with E-state index < -0.39 is 0 Å². The maximum atomic E-state index is 12.8. The highest BCUT2D eigenvalue weighted by Gasteiger charge is 2.21. The van der Waals surface area contributed by atoms with Gasteiger partial charge < -0.3 is 14.2 Å². The number of piperidine rings is 1. The van der Waals surface area contributed by atoms with Gasteiger partial charge in [-0.15, -0.1) is 0 Å². The second-order valence-corrected chi connectivity index (χ2v) is 9.54. The number of hydrogen-bond donors (Lipinski definition) is 0. The summed E-state index contributed by atoms with van der Waals surface area (Å²) in [5.74, 6) is 2.58. The number of furan rings is 1. The van der Waals surface area contributed by atoms with Crippen molar-refractivity contribution in [3.05, 3.63) is 71.3 Å². The van der Waals surface area contributed by atoms with Crippen LogP contribution < -0.4 is 4.90 Å². The predicted molar refractivity (Wildman–Crippen MR) is 133 cm³/mol. The van der Waals surface area contributed by atoms with E-state index in [1.807, 2.05) is 36.4 Å². The maximum Gasteiger partial charge on any atom is 0.289 e. The first kappa shape index (κ1) is 23.4. The Balaban J connectivity index is 1.40. The summed E-state index contributed by atoms with van der Waals surface area (Å²) in [7, 11) is 1.79. The minimum absolute atomic E-state index is 0.124. The van der Waals surface area contributed by atoms with Crippen LogP contribution in [0.15, 0.2) is 58.1 Å². The molecule has 33 heavy (non-hydrogen) atoms. The zero-order valence-corrected chi connectivity index (χ0v) is 20.5. The smallest absolute Gasteiger partial charge is 0.289 e. The number of amides is 1. The van der Waals surface area contributed by atoms with Crippen LogP contribution in [-0.2, 0) is 18.7 Å². The average Bonchev–Trinajstić information content (AvgIpc) is 3.32. The number of benzene rings is 1. The van der Waals surface area contributed by atoms with Crippen molar-refractivity contribution in [1.82, 2.24) is 14.9 Å². The molecule has 1 aromatic carbocycles. The molecule has 7 heteroatoms. The van der Waals surface area contributed by atoms with Gasteiger partial charge in [-0.25, -0.2) is 9.97 Å². The first-order valence-electron chi connectivity index (χ1n) is 11.7. The fourth-order valence-corrected chi connectivity index (χ4v) is 4.88. The Bertz CT molecular complexity index is 1070. The van der Waals surface area contributed by atoms with E-state index in [0.29, 0.717) is 24.1 Å². The van der Waals surface area contributed by atoms with Gasteiger partial charge in [0.05, 0.1) is 5.75 Å². The molecule has 1 aliphatic rings. The van der Waals surface area contributed by atoms with Crippen molar-refractivity contribution in [2.24, 2.45) is 0 Å². The van der Waals surface area contributed by atoms with Gasteiger partial charge in [-0.2, -0.15) is 0 Å². The van der Waals surface area contributed by atoms with Gasteiger partial charge in [0, 0.05) is 37.9 Å². The van der Waals surface area contributed by atoms with Gasteiger partial charge in [0.15, 0.2) is 10.9 Å². The molecule has 2 aromatic heterocycles. The SMILES string of the molecule is CCc1cc(N2CCCCC2C)nc(SCc2ccc(C(=O)N(C)Cc3ccccc3)o2)n1. The molecule has 0 radical (unpaired) electrons. The van der Waals surface area contributed by atoms with Crippen molar-refractivity contribution in [2.45, 2.75) is 63.0 Å². The Hall–Kier alpha value is -2.80. The van der Waals surface area contributed by atoms with Gasteiger partial charge in [-0.3, -0.25) is 4.79 Å². The number of rotatable bonds is 8. The van der Waals surface area contributed by atoms with Gasteiger partial charge in [-0.1, -0.05) is 49.0 Å². The fraction of sp³-hybridized carbons (Fsp3) is 0.423. The summed E-state index contributed by atoms with van der Waals surface area (Å²) >= 11 is 1.55. The highest BCUT2D eigenvalue weighted by atomic mass is 32.2. The van der Waals surface area contributed by atoms with Crippen LogP contribution in [0.5, 0.6) is 0 Å². The Morgan fingerprint density at radius 3 is 2.76 bits per heavy atom. The molecule has 1 atom stereocenters. The lowest BCUT2D eigenvalue weighted by Crippen LogP contribution is -2.38. The Kier molecular flexibility index (Phi) is 7.70. The van der Waals surface area contributed by atoms with E-state index in [-0.39, 0.29) is 5.91 Å². The number of hydrogen-bond acceptors (Lipinski definition) is 6. The Morgan fingerprint density at radius 2 is 2.00 bits per heavy atom. The molecule has 0 N–H and O–H groups in total. The van der Waals surface area contributed by atoms with E-state index in [0.717, 1.165) is 41.0 Å². The summed E-state index contributed by atoms with van der Waals surface area (Å²) in [6.45, 7) is 5.98. The van der Waals surface area contributed by atoms with Crippen molar-refractivity contribution >= 4 is 23.5 Å². The Labute approximate surface area is 200 Å². The zero-order chi connectivity index (χ0) is 23.2. The molecule has 1 unspecified atom stereocenters. The fourth-order valence-electron chi connectivity index (χ4n) is 4.11. The van der Waals surface area contributed by atoms with Gasteiger partial charge in [0.1, 0.15) is 11.6 Å². The summed E-state index contributed by atoms with van der Waals surface area (Å²) < 4.78 is 5.87. The number of thioether (sulfide) groups is 1. The summed E-state index contributed by atoms with van der Waals surface area (Å²) in [6, 6.07) is 16.2. The van der Waals surface area contributed by atoms with Gasteiger partial charge >= 0.3 is 0 Å². The molecular weight excluding hydrogens is 432 g/mol. The number of carbonyl (C=O) groups excluding carboxylic acids is 1. The van der Waals surface area contributed by atoms with E-state index in [1.54, 1.807) is 29.8 Å². The van der Waals surface area contributed by atoms with Crippen molar-refractivity contribution in [2.75, 3.05) is 18.5 Å². The quantitative estimate of drug-likeness (QED) is 0.321. The molecule has 1 amide bonds. The molecule has 1 saturated heterocycles. The van der Waals surface area contributed by atoms with E-state index in [4.69, 9.17) is 14.4 Å². The summed E-state index contributed by atoms with van der Waals surface area (Å²) in [5.41, 5.74) is 2.14. The lowest BCUT2D eigenvalue weighted by atomic mass is 10.0. The highest BCUT2D eigenvalue weighted by molar-refractivity contribution is 7.98. The molecule has 0 aliphatic carbocycles. The monoisotopic (exact) mass is 464 g/mol. The van der Waals surface area contributed by atoms with Crippen LogP contribution >= 0.6 is 11.8 Å². The summed E-state index contributed by atoms with van der Waals surface area (Å²) in [5, 5.41) is 0.757. The number of aromatic nitrogens is 2. The minimum atomic E-state index is -0.124. The maximum absolute atomic E-state index is 12.8. The molecule has 0 spiro atoms. The summed E-state index contributed by atoms with van der Waals surface area (Å²) in [4.78, 5) is 26.4. The van der Waals surface area contributed by atoms with Crippen molar-refractivity contribution in [3.63, 3.8) is 0 Å². The van der Waals surface area contributed by atoms with Crippen LogP contribution in [0.4, 0.5) is 5.82 Å². The van der Waals surface area contributed by atoms with Crippen LogP contribution in [0.1, 0.15) is 60.7 Å². The third kappa shape index (κ3) is 5.96. The van der Waals surface area contributed by atoms with Gasteiger partial charge in [0.2, 0.25) is 0 Å². The molecule has 1 fully saturated rings.